The number of amides is 1. The second kappa shape index (κ2) is 6.73. The highest BCUT2D eigenvalue weighted by molar-refractivity contribution is 5.93. The molecular weight excluding hydrogens is 250 g/mol. The van der Waals surface area contributed by atoms with E-state index in [1.165, 1.54) is 0 Å². The first kappa shape index (κ1) is 14.8. The molecule has 4 nitrogen and oxygen atoms in total. The van der Waals surface area contributed by atoms with Crippen molar-refractivity contribution < 1.29 is 4.79 Å². The van der Waals surface area contributed by atoms with Gasteiger partial charge in [-0.1, -0.05) is 13.8 Å². The van der Waals surface area contributed by atoms with Crippen LogP contribution in [0.3, 0.4) is 0 Å². The lowest BCUT2D eigenvalue weighted by Crippen LogP contribution is -2.38. The Morgan fingerprint density at radius 3 is 2.85 bits per heavy atom. The molecule has 1 amide bonds. The van der Waals surface area contributed by atoms with Gasteiger partial charge in [-0.3, -0.25) is 9.78 Å². The standard InChI is InChI=1S/C16H25N3O/c1-4-13(3)18-14-5-8-17-15(11-14)16(20)19-9-6-12(2)7-10-19/h5,8,11-13H,4,6-7,9-10H2,1-3H3,(H,17,18). The van der Waals surface area contributed by atoms with E-state index < -0.39 is 0 Å². The number of nitrogens with zero attached hydrogens (tertiary/aromatic N) is 2. The van der Waals surface area contributed by atoms with Crippen LogP contribution in [-0.4, -0.2) is 34.9 Å². The highest BCUT2D eigenvalue weighted by Gasteiger charge is 2.22. The molecule has 0 saturated carbocycles. The van der Waals surface area contributed by atoms with Crippen LogP contribution in [0.25, 0.3) is 0 Å². The maximum absolute atomic E-state index is 12.4. The van der Waals surface area contributed by atoms with E-state index in [9.17, 15) is 4.79 Å². The zero-order valence-corrected chi connectivity index (χ0v) is 12.7. The predicted octanol–water partition coefficient (Wildman–Crippen LogP) is 3.16. The molecule has 1 saturated heterocycles. The molecule has 1 atom stereocenters. The van der Waals surface area contributed by atoms with Gasteiger partial charge in [0.2, 0.25) is 0 Å². The van der Waals surface area contributed by atoms with E-state index in [0.717, 1.165) is 44.0 Å². The Labute approximate surface area is 121 Å². The van der Waals surface area contributed by atoms with E-state index in [2.05, 4.69) is 31.1 Å². The predicted molar refractivity (Wildman–Crippen MR) is 81.9 cm³/mol. The molecule has 1 fully saturated rings. The van der Waals surface area contributed by atoms with Crippen LogP contribution < -0.4 is 5.32 Å². The number of likely N-dealkylation sites (tertiary alicyclic amines) is 1. The van der Waals surface area contributed by atoms with Crippen molar-refractivity contribution in [1.29, 1.82) is 0 Å². The minimum atomic E-state index is 0.0599. The van der Waals surface area contributed by atoms with Gasteiger partial charge in [-0.15, -0.1) is 0 Å². The minimum Gasteiger partial charge on any atom is -0.382 e. The van der Waals surface area contributed by atoms with Crippen LogP contribution in [0.2, 0.25) is 0 Å². The number of aromatic nitrogens is 1. The van der Waals surface area contributed by atoms with Gasteiger partial charge in [0.1, 0.15) is 5.69 Å². The number of hydrogen-bond donors (Lipinski definition) is 1. The average molecular weight is 275 g/mol. The lowest BCUT2D eigenvalue weighted by atomic mass is 9.99. The third-order valence-corrected chi connectivity index (χ3v) is 4.08. The first-order valence-corrected chi connectivity index (χ1v) is 7.62. The Balaban J connectivity index is 2.04. The zero-order chi connectivity index (χ0) is 14.5. The van der Waals surface area contributed by atoms with Crippen LogP contribution in [0.1, 0.15) is 50.5 Å². The van der Waals surface area contributed by atoms with E-state index in [1.54, 1.807) is 6.20 Å². The molecule has 1 N–H and O–H groups in total. The topological polar surface area (TPSA) is 45.2 Å². The molecule has 0 aliphatic carbocycles. The van der Waals surface area contributed by atoms with Crippen LogP contribution in [0.4, 0.5) is 5.69 Å². The largest absolute Gasteiger partial charge is 0.382 e. The third kappa shape index (κ3) is 3.71. The summed E-state index contributed by atoms with van der Waals surface area (Å²) in [4.78, 5) is 18.6. The van der Waals surface area contributed by atoms with Gasteiger partial charge >= 0.3 is 0 Å². The third-order valence-electron chi connectivity index (χ3n) is 4.08. The summed E-state index contributed by atoms with van der Waals surface area (Å²) in [6.45, 7) is 8.22. The van der Waals surface area contributed by atoms with Gasteiger partial charge in [0.15, 0.2) is 0 Å². The van der Waals surface area contributed by atoms with E-state index in [4.69, 9.17) is 0 Å². The lowest BCUT2D eigenvalue weighted by Gasteiger charge is -2.30. The molecule has 2 rings (SSSR count). The van der Waals surface area contributed by atoms with Crippen LogP contribution >= 0.6 is 0 Å². The monoisotopic (exact) mass is 275 g/mol. The quantitative estimate of drug-likeness (QED) is 0.918. The fourth-order valence-corrected chi connectivity index (χ4v) is 2.40. The van der Waals surface area contributed by atoms with Gasteiger partial charge in [0.05, 0.1) is 0 Å². The summed E-state index contributed by atoms with van der Waals surface area (Å²) in [5, 5.41) is 3.39. The first-order chi connectivity index (χ1) is 9.60. The number of carbonyl (C=O) groups excluding carboxylic acids is 1. The number of pyridine rings is 1. The molecule has 0 spiro atoms. The van der Waals surface area contributed by atoms with Gasteiger partial charge in [-0.05, 0) is 44.2 Å². The molecule has 1 aromatic heterocycles. The van der Waals surface area contributed by atoms with Gasteiger partial charge in [-0.25, -0.2) is 0 Å². The van der Waals surface area contributed by atoms with Crippen molar-refractivity contribution in [1.82, 2.24) is 9.88 Å². The SMILES string of the molecule is CCC(C)Nc1ccnc(C(=O)N2CCC(C)CC2)c1. The van der Waals surface area contributed by atoms with E-state index in [1.807, 2.05) is 17.0 Å². The normalized spacial score (nSPS) is 17.9. The van der Waals surface area contributed by atoms with Gasteiger partial charge in [-0.2, -0.15) is 0 Å². The van der Waals surface area contributed by atoms with E-state index in [-0.39, 0.29) is 5.91 Å². The highest BCUT2D eigenvalue weighted by atomic mass is 16.2. The molecule has 1 aromatic rings. The Hall–Kier alpha value is -1.58. The molecule has 4 heteroatoms. The molecule has 0 aromatic carbocycles. The Morgan fingerprint density at radius 2 is 2.20 bits per heavy atom. The molecule has 2 heterocycles. The van der Waals surface area contributed by atoms with Crippen molar-refractivity contribution in [2.75, 3.05) is 18.4 Å². The maximum Gasteiger partial charge on any atom is 0.272 e. The smallest absolute Gasteiger partial charge is 0.272 e. The second-order valence-electron chi connectivity index (χ2n) is 5.86. The molecule has 110 valence electrons. The lowest BCUT2D eigenvalue weighted by molar-refractivity contribution is 0.0691. The maximum atomic E-state index is 12.4. The summed E-state index contributed by atoms with van der Waals surface area (Å²) >= 11 is 0. The van der Waals surface area contributed by atoms with Gasteiger partial charge in [0, 0.05) is 31.0 Å². The van der Waals surface area contributed by atoms with Crippen molar-refractivity contribution in [3.8, 4) is 0 Å². The number of rotatable bonds is 4. The molecule has 1 aliphatic heterocycles. The number of hydrogen-bond acceptors (Lipinski definition) is 3. The Bertz CT molecular complexity index is 453. The average Bonchev–Trinajstić information content (AvgIpc) is 2.47. The summed E-state index contributed by atoms with van der Waals surface area (Å²) in [6.07, 6.45) is 4.95. The van der Waals surface area contributed by atoms with Crippen molar-refractivity contribution in [2.45, 2.75) is 46.1 Å². The number of carbonyl (C=O) groups is 1. The molecule has 0 radical (unpaired) electrons. The summed E-state index contributed by atoms with van der Waals surface area (Å²) < 4.78 is 0. The zero-order valence-electron chi connectivity index (χ0n) is 12.7. The molecule has 20 heavy (non-hydrogen) atoms. The second-order valence-corrected chi connectivity index (χ2v) is 5.86. The summed E-state index contributed by atoms with van der Waals surface area (Å²) in [5.74, 6) is 0.787. The minimum absolute atomic E-state index is 0.0599. The Kier molecular flexibility index (Phi) is 4.99. The summed E-state index contributed by atoms with van der Waals surface area (Å²) in [6, 6.07) is 4.18. The van der Waals surface area contributed by atoms with Crippen LogP contribution in [0, 0.1) is 5.92 Å². The molecule has 1 aliphatic rings. The van der Waals surface area contributed by atoms with Gasteiger partial charge in [0.25, 0.3) is 5.91 Å². The van der Waals surface area contributed by atoms with Crippen molar-refractivity contribution in [3.63, 3.8) is 0 Å². The highest BCUT2D eigenvalue weighted by Crippen LogP contribution is 2.19. The first-order valence-electron chi connectivity index (χ1n) is 7.62. The fourth-order valence-electron chi connectivity index (χ4n) is 2.40. The number of anilines is 1. The molecule has 0 bridgehead atoms. The van der Waals surface area contributed by atoms with Crippen LogP contribution in [0.15, 0.2) is 18.3 Å². The fraction of sp³-hybridized carbons (Fsp3) is 0.625. The van der Waals surface area contributed by atoms with Crippen molar-refractivity contribution in [2.24, 2.45) is 5.92 Å². The van der Waals surface area contributed by atoms with E-state index in [0.29, 0.717) is 11.7 Å². The molecule has 1 unspecified atom stereocenters. The van der Waals surface area contributed by atoms with E-state index >= 15 is 0 Å². The van der Waals surface area contributed by atoms with Crippen molar-refractivity contribution >= 4 is 11.6 Å². The number of piperidine rings is 1. The van der Waals surface area contributed by atoms with Crippen molar-refractivity contribution in [3.05, 3.63) is 24.0 Å². The Morgan fingerprint density at radius 1 is 1.50 bits per heavy atom. The van der Waals surface area contributed by atoms with Crippen LogP contribution in [-0.2, 0) is 0 Å². The summed E-state index contributed by atoms with van der Waals surface area (Å²) in [7, 11) is 0. The summed E-state index contributed by atoms with van der Waals surface area (Å²) in [5.41, 5.74) is 1.52. The number of nitrogens with one attached hydrogen (secondary N) is 1. The van der Waals surface area contributed by atoms with Crippen LogP contribution in [0.5, 0.6) is 0 Å². The van der Waals surface area contributed by atoms with Gasteiger partial charge < -0.3 is 10.2 Å². The molecular formula is C16H25N3O.